The van der Waals surface area contributed by atoms with E-state index in [4.69, 9.17) is 0 Å². The highest BCUT2D eigenvalue weighted by Crippen LogP contribution is 2.64. The van der Waals surface area contributed by atoms with Gasteiger partial charge < -0.3 is 5.11 Å². The molecule has 1 saturated carbocycles. The van der Waals surface area contributed by atoms with Gasteiger partial charge in [-0.2, -0.15) is 11.8 Å². The van der Waals surface area contributed by atoms with E-state index < -0.39 is 0 Å². The maximum atomic E-state index is 10.6. The van der Waals surface area contributed by atoms with Gasteiger partial charge in [-0.3, -0.25) is 0 Å². The Hall–Kier alpha value is -2.81. The highest BCUT2D eigenvalue weighted by Gasteiger charge is 2.54. The average Bonchev–Trinajstić information content (AvgIpc) is 3.20. The van der Waals surface area contributed by atoms with Crippen LogP contribution in [-0.2, 0) is 12.8 Å². The Morgan fingerprint density at radius 2 is 1.59 bits per heavy atom. The van der Waals surface area contributed by atoms with E-state index in [0.29, 0.717) is 48.0 Å². The van der Waals surface area contributed by atoms with Crippen molar-refractivity contribution in [3.8, 4) is 0 Å². The number of aryl methyl sites for hydroxylation is 1. The number of thioether (sulfide) groups is 1. The molecule has 7 atom stereocenters. The first-order chi connectivity index (χ1) is 26.7. The quantitative estimate of drug-likeness (QED) is 0.148. The van der Waals surface area contributed by atoms with Gasteiger partial charge in [0.15, 0.2) is 0 Å². The summed E-state index contributed by atoms with van der Waals surface area (Å²) >= 11 is 2.19. The van der Waals surface area contributed by atoms with Crippen LogP contribution in [0.1, 0.15) is 149 Å². The third-order valence-electron chi connectivity index (χ3n) is 15.8. The summed E-state index contributed by atoms with van der Waals surface area (Å²) in [6, 6.07) is 10.2. The summed E-state index contributed by atoms with van der Waals surface area (Å²) in [7, 11) is 0. The lowest BCUT2D eigenvalue weighted by molar-refractivity contribution is 0.162. The third-order valence-corrected chi connectivity index (χ3v) is 17.0. The highest BCUT2D eigenvalue weighted by atomic mass is 32.2. The molecule has 54 heavy (non-hydrogen) atoms. The zero-order valence-electron chi connectivity index (χ0n) is 33.0. The summed E-state index contributed by atoms with van der Waals surface area (Å²) in [6.07, 6.45) is 31.0. The first-order valence-electron chi connectivity index (χ1n) is 22.5. The second kappa shape index (κ2) is 13.7. The fourth-order valence-corrected chi connectivity index (χ4v) is 14.7. The van der Waals surface area contributed by atoms with E-state index in [1.54, 1.807) is 65.7 Å². The molecule has 7 unspecified atom stereocenters. The third kappa shape index (κ3) is 4.93. The van der Waals surface area contributed by atoms with Gasteiger partial charge in [-0.25, -0.2) is 0 Å². The van der Waals surface area contributed by atoms with Crippen molar-refractivity contribution in [2.45, 2.75) is 128 Å². The number of benzene rings is 3. The summed E-state index contributed by atoms with van der Waals surface area (Å²) in [6.45, 7) is 4.99. The van der Waals surface area contributed by atoms with Gasteiger partial charge in [-0.05, 0) is 181 Å². The predicted octanol–water partition coefficient (Wildman–Crippen LogP) is 9.62. The smallest absolute Gasteiger partial charge is 0.0433 e. The SMILES string of the molecule is CCCCCSCCCCCC1CC2C3=C4C(Cc5c(CCCCC)ccc6c5C4c4c5c7c8c(ccc9c8c4=C3C1C=9)=CCC=7C=CC65)CC2CCO. The molecule has 8 aliphatic carbocycles. The number of rotatable bonds is 16. The Morgan fingerprint density at radius 1 is 0.759 bits per heavy atom. The van der Waals surface area contributed by atoms with E-state index in [1.807, 2.05) is 11.1 Å². The minimum atomic E-state index is 0.331. The van der Waals surface area contributed by atoms with Crippen molar-refractivity contribution in [2.75, 3.05) is 18.1 Å². The fraction of sp³-hybridized carbons (Fsp3) is 0.538. The van der Waals surface area contributed by atoms with Gasteiger partial charge in [0.2, 0.25) is 0 Å². The molecule has 0 bridgehead atoms. The van der Waals surface area contributed by atoms with Crippen molar-refractivity contribution < 1.29 is 5.11 Å². The van der Waals surface area contributed by atoms with E-state index in [2.05, 4.69) is 74.2 Å². The van der Waals surface area contributed by atoms with Crippen molar-refractivity contribution >= 4 is 45.8 Å². The standard InChI is InChI=1S/C52H60OS/c1-3-5-8-12-30-18-20-37-38-21-19-32-15-14-31-16-17-35-28-41-33(13-9-7-11-25-54-24-10-6-4-2)27-40-34(22-23-53)26-36-29-39(30)46(37)50-45(36)48(40)49(41)51-44(35)42(31)43(32)47(38)52(50)51/h14,16-21,28,33-34,36,38,40-41,50,53H,3-13,15,22-27,29H2,1-2H3. The molecule has 0 heterocycles. The molecule has 0 spiro atoms. The second-order valence-corrected chi connectivity index (χ2v) is 19.8. The molecule has 8 aliphatic rings. The maximum Gasteiger partial charge on any atom is 0.0433 e. The molecule has 11 rings (SSSR count). The van der Waals surface area contributed by atoms with Crippen LogP contribution in [0.5, 0.6) is 0 Å². The molecule has 0 saturated heterocycles. The number of aliphatic hydroxyl groups excluding tert-OH is 1. The van der Waals surface area contributed by atoms with Gasteiger partial charge >= 0.3 is 0 Å². The van der Waals surface area contributed by atoms with Crippen molar-refractivity contribution in [3.63, 3.8) is 0 Å². The summed E-state index contributed by atoms with van der Waals surface area (Å²) in [5.41, 5.74) is 17.3. The van der Waals surface area contributed by atoms with Crippen LogP contribution in [0.25, 0.3) is 34.1 Å². The van der Waals surface area contributed by atoms with Crippen molar-refractivity contribution in [3.05, 3.63) is 102 Å². The number of fused-ring (bicyclic) bond motifs is 1. The Kier molecular flexibility index (Phi) is 8.73. The number of hydrogen-bond donors (Lipinski definition) is 1. The fourth-order valence-electron chi connectivity index (χ4n) is 13.7. The highest BCUT2D eigenvalue weighted by molar-refractivity contribution is 7.99. The summed E-state index contributed by atoms with van der Waals surface area (Å²) in [5.74, 6) is 6.50. The summed E-state index contributed by atoms with van der Waals surface area (Å²) < 4.78 is 0. The van der Waals surface area contributed by atoms with Crippen LogP contribution >= 0.6 is 11.8 Å². The Morgan fingerprint density at radius 3 is 2.46 bits per heavy atom. The molecular formula is C52H60OS. The van der Waals surface area contributed by atoms with Crippen LogP contribution in [0, 0.1) is 29.6 Å². The van der Waals surface area contributed by atoms with E-state index in [1.165, 1.54) is 112 Å². The van der Waals surface area contributed by atoms with Crippen LogP contribution in [-0.4, -0.2) is 23.2 Å². The normalized spacial score (nSPS) is 27.9. The van der Waals surface area contributed by atoms with Crippen LogP contribution in [0.4, 0.5) is 0 Å². The molecule has 3 aromatic carbocycles. The monoisotopic (exact) mass is 732 g/mol. The predicted molar refractivity (Wildman–Crippen MR) is 230 cm³/mol. The maximum absolute atomic E-state index is 10.6. The van der Waals surface area contributed by atoms with Gasteiger partial charge in [0.05, 0.1) is 0 Å². The van der Waals surface area contributed by atoms with Crippen LogP contribution in [0.2, 0.25) is 0 Å². The van der Waals surface area contributed by atoms with Gasteiger partial charge in [0, 0.05) is 24.4 Å². The molecule has 1 N–H and O–H groups in total. The van der Waals surface area contributed by atoms with E-state index in [0.717, 1.165) is 12.8 Å². The minimum Gasteiger partial charge on any atom is -0.396 e. The zero-order chi connectivity index (χ0) is 36.1. The van der Waals surface area contributed by atoms with Crippen LogP contribution in [0.3, 0.4) is 0 Å². The van der Waals surface area contributed by atoms with Crippen LogP contribution in [0.15, 0.2) is 47.6 Å². The first kappa shape index (κ1) is 34.4. The zero-order valence-corrected chi connectivity index (χ0v) is 33.8. The average molecular weight is 733 g/mol. The first-order valence-corrected chi connectivity index (χ1v) is 23.7. The molecule has 0 radical (unpaired) electrons. The number of aliphatic hydroxyl groups is 1. The minimum absolute atomic E-state index is 0.331. The number of hydrogen-bond acceptors (Lipinski definition) is 2. The topological polar surface area (TPSA) is 20.2 Å². The molecule has 1 nitrogen and oxygen atoms in total. The molecule has 0 amide bonds. The summed E-state index contributed by atoms with van der Waals surface area (Å²) in [4.78, 5) is 0. The van der Waals surface area contributed by atoms with E-state index in [9.17, 15) is 5.11 Å². The molecular weight excluding hydrogens is 673 g/mol. The Balaban J connectivity index is 1.12. The van der Waals surface area contributed by atoms with E-state index in [-0.39, 0.29) is 0 Å². The number of unbranched alkanes of at least 4 members (excludes halogenated alkanes) is 6. The number of allylic oxidation sites excluding steroid dienone is 4. The van der Waals surface area contributed by atoms with Gasteiger partial charge in [0.25, 0.3) is 0 Å². The Labute approximate surface area is 327 Å². The largest absolute Gasteiger partial charge is 0.396 e. The molecule has 280 valence electrons. The second-order valence-electron chi connectivity index (χ2n) is 18.6. The summed E-state index contributed by atoms with van der Waals surface area (Å²) in [5, 5.41) is 20.2. The lowest BCUT2D eigenvalue weighted by Crippen LogP contribution is -2.51. The van der Waals surface area contributed by atoms with Crippen molar-refractivity contribution in [1.82, 2.24) is 0 Å². The van der Waals surface area contributed by atoms with Gasteiger partial charge in [-0.1, -0.05) is 107 Å². The molecule has 0 aliphatic heterocycles. The Bertz CT molecular complexity index is 2390. The van der Waals surface area contributed by atoms with Crippen molar-refractivity contribution in [2.24, 2.45) is 29.6 Å². The van der Waals surface area contributed by atoms with E-state index >= 15 is 0 Å². The lowest BCUT2D eigenvalue weighted by Gasteiger charge is -2.56. The molecule has 0 aromatic heterocycles. The van der Waals surface area contributed by atoms with Crippen molar-refractivity contribution in [1.29, 1.82) is 0 Å². The lowest BCUT2D eigenvalue weighted by atomic mass is 9.48. The molecule has 3 aromatic rings. The molecule has 1 fully saturated rings. The van der Waals surface area contributed by atoms with Gasteiger partial charge in [0.1, 0.15) is 0 Å². The van der Waals surface area contributed by atoms with Gasteiger partial charge in [-0.15, -0.1) is 0 Å². The van der Waals surface area contributed by atoms with Crippen LogP contribution < -0.4 is 20.9 Å². The molecule has 2 heteroatoms.